The van der Waals surface area contributed by atoms with Crippen LogP contribution < -0.4 is 15.8 Å². The Morgan fingerprint density at radius 1 is 1.14 bits per heavy atom. The van der Waals surface area contributed by atoms with Crippen LogP contribution in [0.3, 0.4) is 0 Å². The first-order chi connectivity index (χ1) is 14.0. The number of anilines is 1. The zero-order valence-electron chi connectivity index (χ0n) is 16.2. The zero-order valence-corrected chi connectivity index (χ0v) is 16.2. The topological polar surface area (TPSA) is 74.2 Å². The third kappa shape index (κ3) is 3.17. The maximum Gasteiger partial charge on any atom is 0.347 e. The number of hydrogen-bond acceptors (Lipinski definition) is 5. The van der Waals surface area contributed by atoms with Crippen LogP contribution in [0.25, 0.3) is 33.4 Å². The van der Waals surface area contributed by atoms with Gasteiger partial charge in [0.05, 0.1) is 16.4 Å². The normalized spacial score (nSPS) is 19.9. The van der Waals surface area contributed by atoms with Crippen molar-refractivity contribution in [2.24, 2.45) is 0 Å². The molecule has 0 saturated carbocycles. The summed E-state index contributed by atoms with van der Waals surface area (Å²) < 4.78 is 20.5. The standard InChI is InChI=1S/C22H21FN4O2/c1-12-10-27(11-13(2)24-12)14-7-17(23)15-9-16(22(28)29-20(15)8-14)21-25-18-5-3-4-6-19(18)26-21/h3-9,12-13,24H,10-11H2,1-2H3,(H,25,26)/t12-,13+. The average molecular weight is 392 g/mol. The number of imidazole rings is 1. The Morgan fingerprint density at radius 3 is 2.66 bits per heavy atom. The minimum absolute atomic E-state index is 0.213. The second kappa shape index (κ2) is 6.70. The molecule has 2 aromatic carbocycles. The van der Waals surface area contributed by atoms with E-state index in [1.165, 1.54) is 12.1 Å². The van der Waals surface area contributed by atoms with Crippen molar-refractivity contribution in [3.8, 4) is 11.4 Å². The molecule has 2 atom stereocenters. The number of piperazine rings is 1. The minimum atomic E-state index is -0.546. The number of nitrogens with one attached hydrogen (secondary N) is 2. The fourth-order valence-electron chi connectivity index (χ4n) is 4.13. The Labute approximate surface area is 166 Å². The van der Waals surface area contributed by atoms with E-state index in [1.54, 1.807) is 6.07 Å². The lowest BCUT2D eigenvalue weighted by molar-refractivity contribution is 0.406. The van der Waals surface area contributed by atoms with Gasteiger partial charge in [-0.1, -0.05) is 12.1 Å². The predicted octanol–water partition coefficient (Wildman–Crippen LogP) is 3.66. The van der Waals surface area contributed by atoms with Crippen molar-refractivity contribution < 1.29 is 8.81 Å². The van der Waals surface area contributed by atoms with Gasteiger partial charge in [-0.05, 0) is 38.1 Å². The van der Waals surface area contributed by atoms with Crippen LogP contribution in [0.5, 0.6) is 0 Å². The number of benzene rings is 2. The van der Waals surface area contributed by atoms with Crippen molar-refractivity contribution in [2.75, 3.05) is 18.0 Å². The molecule has 5 rings (SSSR count). The number of H-pyrrole nitrogens is 1. The summed E-state index contributed by atoms with van der Waals surface area (Å²) in [6.07, 6.45) is 0. The summed E-state index contributed by atoms with van der Waals surface area (Å²) in [4.78, 5) is 22.3. The van der Waals surface area contributed by atoms with Crippen LogP contribution >= 0.6 is 0 Å². The van der Waals surface area contributed by atoms with Gasteiger partial charge in [-0.15, -0.1) is 0 Å². The quantitative estimate of drug-likeness (QED) is 0.509. The van der Waals surface area contributed by atoms with Crippen molar-refractivity contribution in [1.82, 2.24) is 15.3 Å². The van der Waals surface area contributed by atoms with E-state index in [1.807, 2.05) is 24.3 Å². The molecule has 1 aliphatic rings. The molecule has 2 N–H and O–H groups in total. The van der Waals surface area contributed by atoms with Crippen LogP contribution in [0.2, 0.25) is 0 Å². The number of fused-ring (bicyclic) bond motifs is 2. The molecule has 29 heavy (non-hydrogen) atoms. The summed E-state index contributed by atoms with van der Waals surface area (Å²) in [6.45, 7) is 5.72. The van der Waals surface area contributed by atoms with E-state index in [0.29, 0.717) is 17.9 Å². The number of nitrogens with zero attached hydrogens (tertiary/aromatic N) is 2. The summed E-state index contributed by atoms with van der Waals surface area (Å²) in [5.74, 6) is -0.0486. The number of aromatic nitrogens is 2. The summed E-state index contributed by atoms with van der Waals surface area (Å²) in [7, 11) is 0. The van der Waals surface area contributed by atoms with Crippen molar-refractivity contribution in [2.45, 2.75) is 25.9 Å². The summed E-state index contributed by atoms with van der Waals surface area (Å²) in [5, 5.41) is 3.72. The predicted molar refractivity (Wildman–Crippen MR) is 112 cm³/mol. The van der Waals surface area contributed by atoms with Crippen LogP contribution in [0.1, 0.15) is 13.8 Å². The molecule has 0 aliphatic carbocycles. The van der Waals surface area contributed by atoms with Crippen molar-refractivity contribution >= 4 is 27.7 Å². The second-order valence-corrected chi connectivity index (χ2v) is 7.76. The molecule has 1 aliphatic heterocycles. The van der Waals surface area contributed by atoms with Gasteiger partial charge in [0.2, 0.25) is 0 Å². The largest absolute Gasteiger partial charge is 0.422 e. The molecular weight excluding hydrogens is 371 g/mol. The number of para-hydroxylation sites is 2. The molecule has 0 unspecified atom stereocenters. The van der Waals surface area contributed by atoms with Gasteiger partial charge in [0.15, 0.2) is 0 Å². The first kappa shape index (κ1) is 17.9. The molecule has 2 aromatic heterocycles. The van der Waals surface area contributed by atoms with Crippen LogP contribution in [0.4, 0.5) is 10.1 Å². The van der Waals surface area contributed by atoms with Gasteiger partial charge in [-0.3, -0.25) is 0 Å². The van der Waals surface area contributed by atoms with Gasteiger partial charge in [0.1, 0.15) is 22.8 Å². The highest BCUT2D eigenvalue weighted by Gasteiger charge is 2.23. The lowest BCUT2D eigenvalue weighted by atomic mass is 10.1. The molecule has 3 heterocycles. The van der Waals surface area contributed by atoms with E-state index in [0.717, 1.165) is 29.8 Å². The van der Waals surface area contributed by atoms with Crippen molar-refractivity contribution in [3.63, 3.8) is 0 Å². The van der Waals surface area contributed by atoms with E-state index in [2.05, 4.69) is 34.0 Å². The van der Waals surface area contributed by atoms with E-state index in [-0.39, 0.29) is 16.5 Å². The summed E-state index contributed by atoms with van der Waals surface area (Å²) in [6, 6.07) is 12.8. The lowest BCUT2D eigenvalue weighted by Crippen LogP contribution is -2.54. The minimum Gasteiger partial charge on any atom is -0.422 e. The first-order valence-corrected chi connectivity index (χ1v) is 9.71. The van der Waals surface area contributed by atoms with E-state index < -0.39 is 11.4 Å². The van der Waals surface area contributed by atoms with E-state index >= 15 is 0 Å². The van der Waals surface area contributed by atoms with Gasteiger partial charge in [0.25, 0.3) is 0 Å². The van der Waals surface area contributed by atoms with Crippen molar-refractivity contribution in [3.05, 3.63) is 58.7 Å². The smallest absolute Gasteiger partial charge is 0.347 e. The lowest BCUT2D eigenvalue weighted by Gasteiger charge is -2.37. The Morgan fingerprint density at radius 2 is 1.90 bits per heavy atom. The number of aromatic amines is 1. The molecule has 7 heteroatoms. The Bertz CT molecular complexity index is 1240. The fourth-order valence-corrected chi connectivity index (χ4v) is 4.13. The molecule has 1 fully saturated rings. The monoisotopic (exact) mass is 392 g/mol. The highest BCUT2D eigenvalue weighted by Crippen LogP contribution is 2.28. The number of halogens is 1. The van der Waals surface area contributed by atoms with Crippen molar-refractivity contribution in [1.29, 1.82) is 0 Å². The van der Waals surface area contributed by atoms with Gasteiger partial charge in [-0.2, -0.15) is 0 Å². The third-order valence-electron chi connectivity index (χ3n) is 5.35. The number of rotatable bonds is 2. The van der Waals surface area contributed by atoms with Gasteiger partial charge < -0.3 is 19.6 Å². The van der Waals surface area contributed by atoms with Crippen LogP contribution in [0, 0.1) is 5.82 Å². The summed E-state index contributed by atoms with van der Waals surface area (Å²) >= 11 is 0. The van der Waals surface area contributed by atoms with Gasteiger partial charge >= 0.3 is 5.63 Å². The third-order valence-corrected chi connectivity index (χ3v) is 5.35. The molecule has 1 saturated heterocycles. The average Bonchev–Trinajstić information content (AvgIpc) is 3.10. The zero-order chi connectivity index (χ0) is 20.1. The molecule has 6 nitrogen and oxygen atoms in total. The van der Waals surface area contributed by atoms with Gasteiger partial charge in [-0.25, -0.2) is 14.2 Å². The highest BCUT2D eigenvalue weighted by atomic mass is 19.1. The van der Waals surface area contributed by atoms with E-state index in [9.17, 15) is 9.18 Å². The second-order valence-electron chi connectivity index (χ2n) is 7.76. The first-order valence-electron chi connectivity index (χ1n) is 9.71. The molecule has 0 bridgehead atoms. The molecular formula is C22H21FN4O2. The van der Waals surface area contributed by atoms with Crippen LogP contribution in [0.15, 0.2) is 51.7 Å². The number of hydrogen-bond donors (Lipinski definition) is 2. The summed E-state index contributed by atoms with van der Waals surface area (Å²) in [5.41, 5.74) is 2.16. The Kier molecular flexibility index (Phi) is 4.13. The molecule has 4 aromatic rings. The molecule has 0 amide bonds. The Balaban J connectivity index is 1.60. The van der Waals surface area contributed by atoms with Gasteiger partial charge in [0, 0.05) is 36.9 Å². The SMILES string of the molecule is C[C@@H]1CN(c2cc(F)c3cc(-c4nc5ccccc5[nH]4)c(=O)oc3c2)C[C@H](C)N1. The maximum absolute atomic E-state index is 15.0. The van der Waals surface area contributed by atoms with Crippen LogP contribution in [-0.2, 0) is 0 Å². The molecule has 0 spiro atoms. The fraction of sp³-hybridized carbons (Fsp3) is 0.273. The Hall–Kier alpha value is -3.19. The molecule has 148 valence electrons. The van der Waals surface area contributed by atoms with E-state index in [4.69, 9.17) is 4.42 Å². The highest BCUT2D eigenvalue weighted by molar-refractivity contribution is 5.86. The molecule has 0 radical (unpaired) electrons. The van der Waals surface area contributed by atoms with Crippen LogP contribution in [-0.4, -0.2) is 35.1 Å². The maximum atomic E-state index is 15.0.